The second-order valence-electron chi connectivity index (χ2n) is 4.94. The van der Waals surface area contributed by atoms with E-state index in [0.717, 1.165) is 0 Å². The van der Waals surface area contributed by atoms with Crippen molar-refractivity contribution in [3.63, 3.8) is 0 Å². The fourth-order valence-electron chi connectivity index (χ4n) is 1.93. The minimum absolute atomic E-state index is 0.122. The van der Waals surface area contributed by atoms with Crippen molar-refractivity contribution < 1.29 is 14.7 Å². The molecule has 2 amide bonds. The molecule has 0 aliphatic carbocycles. The summed E-state index contributed by atoms with van der Waals surface area (Å²) in [6.07, 6.45) is 0. The van der Waals surface area contributed by atoms with Gasteiger partial charge in [-0.1, -0.05) is 26.0 Å². The monoisotopic (exact) mass is 264 g/mol. The predicted octanol–water partition coefficient (Wildman–Crippen LogP) is 2.53. The molecule has 0 aliphatic heterocycles. The Balaban J connectivity index is 2.97. The maximum atomic E-state index is 12.2. The van der Waals surface area contributed by atoms with Crippen LogP contribution in [-0.2, 0) is 0 Å². The largest absolute Gasteiger partial charge is 0.478 e. The van der Waals surface area contributed by atoms with Gasteiger partial charge in [0.05, 0.1) is 11.3 Å². The van der Waals surface area contributed by atoms with Crippen LogP contribution in [0.1, 0.15) is 24.2 Å². The van der Waals surface area contributed by atoms with E-state index in [1.165, 1.54) is 11.0 Å². The van der Waals surface area contributed by atoms with E-state index in [1.54, 1.807) is 37.2 Å². The number of amides is 2. The number of nitrogens with zero attached hydrogens (tertiary/aromatic N) is 2. The highest BCUT2D eigenvalue weighted by Gasteiger charge is 2.20. The van der Waals surface area contributed by atoms with Crippen LogP contribution in [0, 0.1) is 5.92 Å². The molecule has 19 heavy (non-hydrogen) atoms. The second kappa shape index (κ2) is 6.22. The van der Waals surface area contributed by atoms with Gasteiger partial charge in [-0.2, -0.15) is 0 Å². The molecule has 0 saturated carbocycles. The Kier molecular flexibility index (Phi) is 4.92. The molecule has 0 bridgehead atoms. The van der Waals surface area contributed by atoms with E-state index in [9.17, 15) is 9.59 Å². The van der Waals surface area contributed by atoms with Crippen LogP contribution in [0.5, 0.6) is 0 Å². The number of carboxylic acid groups (broad SMARTS) is 1. The summed E-state index contributed by atoms with van der Waals surface area (Å²) in [7, 11) is 3.29. The fourth-order valence-corrected chi connectivity index (χ4v) is 1.93. The second-order valence-corrected chi connectivity index (χ2v) is 4.94. The number of carbonyl (C=O) groups excluding carboxylic acids is 1. The van der Waals surface area contributed by atoms with Gasteiger partial charge in [-0.15, -0.1) is 0 Å². The van der Waals surface area contributed by atoms with Gasteiger partial charge in [0.15, 0.2) is 0 Å². The Morgan fingerprint density at radius 1 is 1.21 bits per heavy atom. The molecule has 0 aliphatic rings. The number of anilines is 1. The number of hydrogen-bond acceptors (Lipinski definition) is 2. The normalized spacial score (nSPS) is 10.4. The molecule has 0 heterocycles. The zero-order chi connectivity index (χ0) is 14.6. The molecule has 5 heteroatoms. The zero-order valence-corrected chi connectivity index (χ0v) is 11.8. The van der Waals surface area contributed by atoms with Crippen molar-refractivity contribution in [3.8, 4) is 0 Å². The summed E-state index contributed by atoms with van der Waals surface area (Å²) in [5, 5.41) is 9.13. The number of benzene rings is 1. The van der Waals surface area contributed by atoms with E-state index in [2.05, 4.69) is 0 Å². The van der Waals surface area contributed by atoms with E-state index >= 15 is 0 Å². The summed E-state index contributed by atoms with van der Waals surface area (Å²) in [5.41, 5.74) is 0.520. The average Bonchev–Trinajstić information content (AvgIpc) is 2.36. The van der Waals surface area contributed by atoms with Gasteiger partial charge in [-0.05, 0) is 18.1 Å². The maximum Gasteiger partial charge on any atom is 0.337 e. The summed E-state index contributed by atoms with van der Waals surface area (Å²) in [4.78, 5) is 26.3. The van der Waals surface area contributed by atoms with Crippen LogP contribution in [0.3, 0.4) is 0 Å². The minimum Gasteiger partial charge on any atom is -0.478 e. The Morgan fingerprint density at radius 2 is 1.79 bits per heavy atom. The Morgan fingerprint density at radius 3 is 2.32 bits per heavy atom. The lowest BCUT2D eigenvalue weighted by atomic mass is 10.1. The van der Waals surface area contributed by atoms with E-state index in [-0.39, 0.29) is 11.6 Å². The summed E-state index contributed by atoms with van der Waals surface area (Å²) in [5.74, 6) is -0.682. The minimum atomic E-state index is -1.04. The van der Waals surface area contributed by atoms with Crippen LogP contribution < -0.4 is 4.90 Å². The van der Waals surface area contributed by atoms with Crippen LogP contribution in [0.2, 0.25) is 0 Å². The van der Waals surface area contributed by atoms with Crippen molar-refractivity contribution >= 4 is 17.7 Å². The molecule has 0 atom stereocenters. The number of urea groups is 1. The number of para-hydroxylation sites is 1. The zero-order valence-electron chi connectivity index (χ0n) is 11.8. The smallest absolute Gasteiger partial charge is 0.337 e. The van der Waals surface area contributed by atoms with Crippen LogP contribution in [-0.4, -0.2) is 42.6 Å². The van der Waals surface area contributed by atoms with Gasteiger partial charge >= 0.3 is 12.0 Å². The highest BCUT2D eigenvalue weighted by atomic mass is 16.4. The summed E-state index contributed by atoms with van der Waals surface area (Å²) in [6, 6.07) is 6.26. The first-order chi connectivity index (χ1) is 8.84. The van der Waals surface area contributed by atoms with Gasteiger partial charge in [0.25, 0.3) is 0 Å². The lowest BCUT2D eigenvalue weighted by Crippen LogP contribution is -2.41. The van der Waals surface area contributed by atoms with Crippen LogP contribution in [0.25, 0.3) is 0 Å². The van der Waals surface area contributed by atoms with Crippen molar-refractivity contribution in [1.29, 1.82) is 0 Å². The average molecular weight is 264 g/mol. The molecular weight excluding hydrogens is 244 g/mol. The molecule has 1 aromatic carbocycles. The quantitative estimate of drug-likeness (QED) is 0.909. The summed E-state index contributed by atoms with van der Waals surface area (Å²) >= 11 is 0. The topological polar surface area (TPSA) is 60.9 Å². The van der Waals surface area contributed by atoms with E-state index in [0.29, 0.717) is 18.2 Å². The first-order valence-corrected chi connectivity index (χ1v) is 6.15. The third-order valence-electron chi connectivity index (χ3n) is 2.75. The molecular formula is C14H20N2O3. The predicted molar refractivity (Wildman–Crippen MR) is 74.7 cm³/mol. The van der Waals surface area contributed by atoms with Crippen molar-refractivity contribution in [1.82, 2.24) is 4.90 Å². The molecule has 0 fully saturated rings. The summed E-state index contributed by atoms with van der Waals surface area (Å²) in [6.45, 7) is 4.67. The molecule has 104 valence electrons. The van der Waals surface area contributed by atoms with Crippen molar-refractivity contribution in [2.75, 3.05) is 25.5 Å². The standard InChI is InChI=1S/C14H20N2O3/c1-10(2)9-15(3)14(19)16(4)12-8-6-5-7-11(12)13(17)18/h5-8,10H,9H2,1-4H3,(H,17,18). The van der Waals surface area contributed by atoms with Crippen LogP contribution in [0.15, 0.2) is 24.3 Å². The van der Waals surface area contributed by atoms with Gasteiger partial charge in [0, 0.05) is 20.6 Å². The third kappa shape index (κ3) is 3.71. The van der Waals surface area contributed by atoms with Gasteiger partial charge in [0.1, 0.15) is 0 Å². The molecule has 0 aromatic heterocycles. The number of aromatic carboxylic acids is 1. The molecule has 0 unspecified atom stereocenters. The Labute approximate surface area is 113 Å². The number of hydrogen-bond donors (Lipinski definition) is 1. The van der Waals surface area contributed by atoms with Gasteiger partial charge < -0.3 is 10.0 Å². The van der Waals surface area contributed by atoms with Gasteiger partial charge in [-0.3, -0.25) is 4.90 Å². The highest BCUT2D eigenvalue weighted by molar-refractivity contribution is 6.01. The number of carbonyl (C=O) groups is 2. The fraction of sp³-hybridized carbons (Fsp3) is 0.429. The Hall–Kier alpha value is -2.04. The van der Waals surface area contributed by atoms with Crippen molar-refractivity contribution in [2.45, 2.75) is 13.8 Å². The van der Waals surface area contributed by atoms with Crippen molar-refractivity contribution in [2.24, 2.45) is 5.92 Å². The molecule has 5 nitrogen and oxygen atoms in total. The van der Waals surface area contributed by atoms with Crippen molar-refractivity contribution in [3.05, 3.63) is 29.8 Å². The molecule has 0 radical (unpaired) electrons. The maximum absolute atomic E-state index is 12.2. The SMILES string of the molecule is CC(C)CN(C)C(=O)N(C)c1ccccc1C(=O)O. The molecule has 1 rings (SSSR count). The van der Waals surface area contributed by atoms with E-state index in [4.69, 9.17) is 5.11 Å². The molecule has 1 N–H and O–H groups in total. The van der Waals surface area contributed by atoms with Gasteiger partial charge in [0.2, 0.25) is 0 Å². The molecule has 0 saturated heterocycles. The molecule has 0 spiro atoms. The highest BCUT2D eigenvalue weighted by Crippen LogP contribution is 2.20. The first kappa shape index (κ1) is 15.0. The lowest BCUT2D eigenvalue weighted by Gasteiger charge is -2.27. The number of carboxylic acids is 1. The Bertz CT molecular complexity index is 472. The third-order valence-corrected chi connectivity index (χ3v) is 2.75. The number of rotatable bonds is 4. The van der Waals surface area contributed by atoms with Crippen LogP contribution >= 0.6 is 0 Å². The van der Waals surface area contributed by atoms with E-state index < -0.39 is 5.97 Å². The first-order valence-electron chi connectivity index (χ1n) is 6.15. The summed E-state index contributed by atoms with van der Waals surface area (Å²) < 4.78 is 0. The van der Waals surface area contributed by atoms with E-state index in [1.807, 2.05) is 13.8 Å². The molecule has 1 aromatic rings. The van der Waals surface area contributed by atoms with Gasteiger partial charge in [-0.25, -0.2) is 9.59 Å². The van der Waals surface area contributed by atoms with Crippen LogP contribution in [0.4, 0.5) is 10.5 Å². The lowest BCUT2D eigenvalue weighted by molar-refractivity contribution is 0.0697.